The standard InChI is InChI=1S/C24H25BrFNO2/c1-4-28-23-13-18(14-27-22-10-9-16(2)11-17(22)3)12-20(25)24(23)29-15-19-7-5-6-8-21(19)26/h5-13,27H,4,14-15H2,1-3H3. The van der Waals surface area contributed by atoms with Crippen LogP contribution < -0.4 is 14.8 Å². The number of rotatable bonds is 8. The molecular formula is C24H25BrFNO2. The maximum absolute atomic E-state index is 13.9. The molecule has 0 aliphatic carbocycles. The second-order valence-electron chi connectivity index (χ2n) is 6.89. The number of anilines is 1. The molecule has 1 N–H and O–H groups in total. The van der Waals surface area contributed by atoms with Gasteiger partial charge in [0.1, 0.15) is 12.4 Å². The lowest BCUT2D eigenvalue weighted by Gasteiger charge is -2.17. The Kier molecular flexibility index (Phi) is 7.15. The summed E-state index contributed by atoms with van der Waals surface area (Å²) in [5.74, 6) is 0.928. The zero-order valence-electron chi connectivity index (χ0n) is 16.9. The van der Waals surface area contributed by atoms with E-state index in [0.717, 1.165) is 15.7 Å². The molecule has 0 saturated carbocycles. The van der Waals surface area contributed by atoms with Crippen LogP contribution in [0.3, 0.4) is 0 Å². The van der Waals surface area contributed by atoms with E-state index in [0.29, 0.717) is 30.2 Å². The molecule has 0 aliphatic rings. The number of hydrogen-bond donors (Lipinski definition) is 1. The van der Waals surface area contributed by atoms with E-state index in [1.165, 1.54) is 17.2 Å². The van der Waals surface area contributed by atoms with Crippen molar-refractivity contribution in [3.05, 3.63) is 87.1 Å². The Labute approximate surface area is 180 Å². The van der Waals surface area contributed by atoms with E-state index in [4.69, 9.17) is 9.47 Å². The van der Waals surface area contributed by atoms with Crippen LogP contribution in [0.4, 0.5) is 10.1 Å². The van der Waals surface area contributed by atoms with E-state index < -0.39 is 0 Å². The summed E-state index contributed by atoms with van der Waals surface area (Å²) in [7, 11) is 0. The van der Waals surface area contributed by atoms with Gasteiger partial charge < -0.3 is 14.8 Å². The lowest BCUT2D eigenvalue weighted by molar-refractivity contribution is 0.264. The Bertz CT molecular complexity index is 991. The van der Waals surface area contributed by atoms with Gasteiger partial charge in [-0.25, -0.2) is 4.39 Å². The summed E-state index contributed by atoms with van der Waals surface area (Å²) in [6.07, 6.45) is 0. The first-order valence-corrected chi connectivity index (χ1v) is 10.4. The van der Waals surface area contributed by atoms with E-state index in [2.05, 4.69) is 53.3 Å². The van der Waals surface area contributed by atoms with Gasteiger partial charge in [0.2, 0.25) is 0 Å². The Hall–Kier alpha value is -2.53. The first-order chi connectivity index (χ1) is 14.0. The fraction of sp³-hybridized carbons (Fsp3) is 0.250. The van der Waals surface area contributed by atoms with Crippen molar-refractivity contribution in [2.45, 2.75) is 33.9 Å². The van der Waals surface area contributed by atoms with E-state index in [9.17, 15) is 4.39 Å². The van der Waals surface area contributed by atoms with E-state index in [1.807, 2.05) is 19.1 Å². The molecule has 0 spiro atoms. The van der Waals surface area contributed by atoms with Crippen LogP contribution in [0.25, 0.3) is 0 Å². The maximum atomic E-state index is 13.9. The average molecular weight is 458 g/mol. The molecule has 0 radical (unpaired) electrons. The molecule has 0 unspecified atom stereocenters. The molecular weight excluding hydrogens is 433 g/mol. The van der Waals surface area contributed by atoms with Gasteiger partial charge in [-0.15, -0.1) is 0 Å². The first kappa shape index (κ1) is 21.2. The fourth-order valence-electron chi connectivity index (χ4n) is 3.10. The van der Waals surface area contributed by atoms with Gasteiger partial charge in [0.25, 0.3) is 0 Å². The quantitative estimate of drug-likeness (QED) is 0.403. The minimum atomic E-state index is -0.282. The molecule has 0 bridgehead atoms. The topological polar surface area (TPSA) is 30.5 Å². The highest BCUT2D eigenvalue weighted by Gasteiger charge is 2.14. The number of nitrogens with one attached hydrogen (secondary N) is 1. The average Bonchev–Trinajstić information content (AvgIpc) is 2.68. The van der Waals surface area contributed by atoms with Crippen LogP contribution in [0.2, 0.25) is 0 Å². The number of benzene rings is 3. The summed E-state index contributed by atoms with van der Waals surface area (Å²) in [6.45, 7) is 7.39. The van der Waals surface area contributed by atoms with Crippen molar-refractivity contribution >= 4 is 21.6 Å². The van der Waals surface area contributed by atoms with Crippen molar-refractivity contribution in [1.29, 1.82) is 0 Å². The van der Waals surface area contributed by atoms with Gasteiger partial charge in [-0.3, -0.25) is 0 Å². The van der Waals surface area contributed by atoms with E-state index in [1.54, 1.807) is 18.2 Å². The minimum Gasteiger partial charge on any atom is -0.490 e. The highest BCUT2D eigenvalue weighted by molar-refractivity contribution is 9.10. The summed E-state index contributed by atoms with van der Waals surface area (Å²) in [5.41, 5.74) is 5.11. The monoisotopic (exact) mass is 457 g/mol. The normalized spacial score (nSPS) is 10.7. The third-order valence-electron chi connectivity index (χ3n) is 4.56. The Morgan fingerprint density at radius 3 is 2.52 bits per heavy atom. The zero-order valence-corrected chi connectivity index (χ0v) is 18.5. The summed E-state index contributed by atoms with van der Waals surface area (Å²) < 4.78 is 26.4. The maximum Gasteiger partial charge on any atom is 0.175 e. The largest absolute Gasteiger partial charge is 0.490 e. The van der Waals surface area contributed by atoms with Crippen molar-refractivity contribution in [1.82, 2.24) is 0 Å². The van der Waals surface area contributed by atoms with Crippen LogP contribution in [0.15, 0.2) is 59.1 Å². The number of ether oxygens (including phenoxy) is 2. The highest BCUT2D eigenvalue weighted by Crippen LogP contribution is 2.38. The number of hydrogen-bond acceptors (Lipinski definition) is 3. The second kappa shape index (κ2) is 9.79. The minimum absolute atomic E-state index is 0.130. The second-order valence-corrected chi connectivity index (χ2v) is 7.74. The predicted molar refractivity (Wildman–Crippen MR) is 119 cm³/mol. The lowest BCUT2D eigenvalue weighted by Crippen LogP contribution is -2.05. The number of halogens is 2. The summed E-state index contributed by atoms with van der Waals surface area (Å²) in [5, 5.41) is 3.47. The smallest absolute Gasteiger partial charge is 0.175 e. The molecule has 0 amide bonds. The molecule has 3 rings (SSSR count). The van der Waals surface area contributed by atoms with Crippen LogP contribution in [0.5, 0.6) is 11.5 Å². The van der Waals surface area contributed by atoms with Crippen molar-refractivity contribution in [3.8, 4) is 11.5 Å². The van der Waals surface area contributed by atoms with Crippen molar-refractivity contribution in [2.24, 2.45) is 0 Å². The molecule has 0 aliphatic heterocycles. The van der Waals surface area contributed by atoms with Gasteiger partial charge in [-0.1, -0.05) is 35.9 Å². The molecule has 3 aromatic rings. The SMILES string of the molecule is CCOc1cc(CNc2ccc(C)cc2C)cc(Br)c1OCc1ccccc1F. The van der Waals surface area contributed by atoms with Gasteiger partial charge >= 0.3 is 0 Å². The van der Waals surface area contributed by atoms with Crippen LogP contribution in [0.1, 0.15) is 29.2 Å². The molecule has 0 heterocycles. The third-order valence-corrected chi connectivity index (χ3v) is 5.15. The van der Waals surface area contributed by atoms with E-state index in [-0.39, 0.29) is 12.4 Å². The summed E-state index contributed by atoms with van der Waals surface area (Å²) in [4.78, 5) is 0. The van der Waals surface area contributed by atoms with Crippen molar-refractivity contribution in [3.63, 3.8) is 0 Å². The van der Waals surface area contributed by atoms with Crippen LogP contribution in [-0.2, 0) is 13.2 Å². The molecule has 3 nitrogen and oxygen atoms in total. The molecule has 0 fully saturated rings. The number of aryl methyl sites for hydroxylation is 2. The molecule has 0 atom stereocenters. The van der Waals surface area contributed by atoms with E-state index >= 15 is 0 Å². The van der Waals surface area contributed by atoms with Gasteiger partial charge in [-0.05, 0) is 72.1 Å². The van der Waals surface area contributed by atoms with Crippen LogP contribution >= 0.6 is 15.9 Å². The van der Waals surface area contributed by atoms with Crippen molar-refractivity contribution < 1.29 is 13.9 Å². The lowest BCUT2D eigenvalue weighted by atomic mass is 10.1. The highest BCUT2D eigenvalue weighted by atomic mass is 79.9. The Morgan fingerprint density at radius 2 is 1.79 bits per heavy atom. The van der Waals surface area contributed by atoms with Crippen LogP contribution in [0, 0.1) is 19.7 Å². The van der Waals surface area contributed by atoms with Gasteiger partial charge in [0.15, 0.2) is 11.5 Å². The molecule has 0 saturated heterocycles. The summed E-state index contributed by atoms with van der Waals surface area (Å²) >= 11 is 3.58. The van der Waals surface area contributed by atoms with Gasteiger partial charge in [0, 0.05) is 17.8 Å². The molecule has 29 heavy (non-hydrogen) atoms. The zero-order chi connectivity index (χ0) is 20.8. The first-order valence-electron chi connectivity index (χ1n) is 9.60. The Balaban J connectivity index is 1.77. The molecule has 5 heteroatoms. The Morgan fingerprint density at radius 1 is 1.00 bits per heavy atom. The third kappa shape index (κ3) is 5.51. The molecule has 0 aromatic heterocycles. The molecule has 3 aromatic carbocycles. The fourth-order valence-corrected chi connectivity index (χ4v) is 3.70. The van der Waals surface area contributed by atoms with Crippen molar-refractivity contribution in [2.75, 3.05) is 11.9 Å². The van der Waals surface area contributed by atoms with Gasteiger partial charge in [-0.2, -0.15) is 0 Å². The van der Waals surface area contributed by atoms with Gasteiger partial charge in [0.05, 0.1) is 11.1 Å². The van der Waals surface area contributed by atoms with Crippen LogP contribution in [-0.4, -0.2) is 6.61 Å². The molecule has 152 valence electrons. The summed E-state index contributed by atoms with van der Waals surface area (Å²) in [6, 6.07) is 16.9. The predicted octanol–water partition coefficient (Wildman–Crippen LogP) is 6.79.